The standard InChI is InChI=1S/C24H21ClN2O/c1-2-7-19-8-3-6-11-23(19)28-17-24-26-21-9-4-5-10-22(21)27(24)16-18-12-14-20(25)15-13-18/h2-6,8-15H,1,7,16-17H2. The van der Waals surface area contributed by atoms with E-state index in [0.717, 1.165) is 39.6 Å². The second kappa shape index (κ2) is 8.32. The van der Waals surface area contributed by atoms with E-state index < -0.39 is 0 Å². The zero-order valence-electron chi connectivity index (χ0n) is 15.5. The molecule has 3 aromatic carbocycles. The van der Waals surface area contributed by atoms with E-state index >= 15 is 0 Å². The lowest BCUT2D eigenvalue weighted by Crippen LogP contribution is -2.09. The van der Waals surface area contributed by atoms with E-state index in [0.29, 0.717) is 13.2 Å². The van der Waals surface area contributed by atoms with Crippen LogP contribution in [0.3, 0.4) is 0 Å². The largest absolute Gasteiger partial charge is 0.485 e. The van der Waals surface area contributed by atoms with E-state index in [1.54, 1.807) is 0 Å². The summed E-state index contributed by atoms with van der Waals surface area (Å²) in [4.78, 5) is 4.81. The highest BCUT2D eigenvalue weighted by atomic mass is 35.5. The fraction of sp³-hybridized carbons (Fsp3) is 0.125. The van der Waals surface area contributed by atoms with Crippen molar-refractivity contribution in [3.8, 4) is 5.75 Å². The second-order valence-corrected chi connectivity index (χ2v) is 7.05. The summed E-state index contributed by atoms with van der Waals surface area (Å²) in [5, 5.41) is 0.738. The minimum absolute atomic E-state index is 0.399. The van der Waals surface area contributed by atoms with Gasteiger partial charge in [-0.2, -0.15) is 0 Å². The molecule has 0 saturated heterocycles. The van der Waals surface area contributed by atoms with Crippen molar-refractivity contribution < 1.29 is 4.74 Å². The highest BCUT2D eigenvalue weighted by Gasteiger charge is 2.12. The minimum atomic E-state index is 0.399. The first-order chi connectivity index (χ1) is 13.7. The molecule has 140 valence electrons. The Balaban J connectivity index is 1.65. The summed E-state index contributed by atoms with van der Waals surface area (Å²) in [7, 11) is 0. The second-order valence-electron chi connectivity index (χ2n) is 6.62. The van der Waals surface area contributed by atoms with Crippen LogP contribution in [-0.4, -0.2) is 9.55 Å². The first-order valence-electron chi connectivity index (χ1n) is 9.25. The van der Waals surface area contributed by atoms with Gasteiger partial charge < -0.3 is 9.30 Å². The zero-order valence-corrected chi connectivity index (χ0v) is 16.3. The number of ether oxygens (including phenoxy) is 1. The number of rotatable bonds is 7. The van der Waals surface area contributed by atoms with Crippen LogP contribution < -0.4 is 4.74 Å². The Labute approximate surface area is 169 Å². The smallest absolute Gasteiger partial charge is 0.148 e. The molecule has 0 unspecified atom stereocenters. The fourth-order valence-corrected chi connectivity index (χ4v) is 3.42. The van der Waals surface area contributed by atoms with Gasteiger partial charge in [-0.3, -0.25) is 0 Å². The highest BCUT2D eigenvalue weighted by molar-refractivity contribution is 6.30. The first kappa shape index (κ1) is 18.3. The molecular formula is C24H21ClN2O. The summed E-state index contributed by atoms with van der Waals surface area (Å²) in [5.41, 5.74) is 4.35. The van der Waals surface area contributed by atoms with Crippen LogP contribution in [0, 0.1) is 0 Å². The van der Waals surface area contributed by atoms with Crippen molar-refractivity contribution in [3.63, 3.8) is 0 Å². The molecule has 0 aliphatic carbocycles. The third-order valence-corrected chi connectivity index (χ3v) is 4.93. The van der Waals surface area contributed by atoms with Gasteiger partial charge in [0.2, 0.25) is 0 Å². The molecule has 0 radical (unpaired) electrons. The van der Waals surface area contributed by atoms with E-state index in [1.165, 1.54) is 5.56 Å². The molecule has 28 heavy (non-hydrogen) atoms. The summed E-state index contributed by atoms with van der Waals surface area (Å²) in [6.45, 7) is 4.94. The van der Waals surface area contributed by atoms with Gasteiger partial charge in [-0.25, -0.2) is 4.98 Å². The molecule has 0 aliphatic rings. The predicted octanol–water partition coefficient (Wildman–Crippen LogP) is 6.05. The average molecular weight is 389 g/mol. The number of fused-ring (bicyclic) bond motifs is 1. The van der Waals surface area contributed by atoms with Gasteiger partial charge in [-0.05, 0) is 47.9 Å². The van der Waals surface area contributed by atoms with Gasteiger partial charge in [0.15, 0.2) is 0 Å². The lowest BCUT2D eigenvalue weighted by atomic mass is 10.1. The van der Waals surface area contributed by atoms with Crippen molar-refractivity contribution in [1.82, 2.24) is 9.55 Å². The minimum Gasteiger partial charge on any atom is -0.485 e. The molecule has 0 aliphatic heterocycles. The third-order valence-electron chi connectivity index (χ3n) is 4.68. The van der Waals surface area contributed by atoms with E-state index in [1.807, 2.05) is 66.7 Å². The molecule has 0 amide bonds. The SMILES string of the molecule is C=CCc1ccccc1OCc1nc2ccccc2n1Cc1ccc(Cl)cc1. The van der Waals surface area contributed by atoms with Gasteiger partial charge in [0.05, 0.1) is 11.0 Å². The van der Waals surface area contributed by atoms with Crippen LogP contribution in [-0.2, 0) is 19.6 Å². The number of aromatic nitrogens is 2. The maximum Gasteiger partial charge on any atom is 0.148 e. The Morgan fingerprint density at radius 2 is 1.71 bits per heavy atom. The summed E-state index contributed by atoms with van der Waals surface area (Å²) in [5.74, 6) is 1.76. The Hall–Kier alpha value is -3.04. The Bertz CT molecular complexity index is 1100. The number of hydrogen-bond donors (Lipinski definition) is 0. The van der Waals surface area contributed by atoms with Gasteiger partial charge >= 0.3 is 0 Å². The van der Waals surface area contributed by atoms with Crippen molar-refractivity contribution in [2.45, 2.75) is 19.6 Å². The topological polar surface area (TPSA) is 27.1 Å². The predicted molar refractivity (Wildman–Crippen MR) is 115 cm³/mol. The van der Waals surface area contributed by atoms with Crippen LogP contribution >= 0.6 is 11.6 Å². The van der Waals surface area contributed by atoms with Gasteiger partial charge in [-0.15, -0.1) is 6.58 Å². The number of nitrogens with zero attached hydrogens (tertiary/aromatic N) is 2. The molecule has 4 heteroatoms. The Morgan fingerprint density at radius 1 is 0.964 bits per heavy atom. The number of hydrogen-bond acceptors (Lipinski definition) is 2. The number of halogens is 1. The molecular weight excluding hydrogens is 368 g/mol. The van der Waals surface area contributed by atoms with Crippen LogP contribution in [0.1, 0.15) is 17.0 Å². The van der Waals surface area contributed by atoms with Crippen LogP contribution in [0.5, 0.6) is 5.75 Å². The quantitative estimate of drug-likeness (QED) is 0.360. The molecule has 0 bridgehead atoms. The van der Waals surface area contributed by atoms with Gasteiger partial charge in [-0.1, -0.05) is 60.1 Å². The Kier molecular flexibility index (Phi) is 5.45. The van der Waals surface area contributed by atoms with Crippen LogP contribution in [0.2, 0.25) is 5.02 Å². The summed E-state index contributed by atoms with van der Waals surface area (Å²) in [6, 6.07) is 24.1. The average Bonchev–Trinajstić information content (AvgIpc) is 3.07. The van der Waals surface area contributed by atoms with Crippen molar-refractivity contribution in [3.05, 3.63) is 107 Å². The zero-order chi connectivity index (χ0) is 19.3. The number of allylic oxidation sites excluding steroid dienone is 1. The number of benzene rings is 3. The van der Waals surface area contributed by atoms with E-state index in [9.17, 15) is 0 Å². The van der Waals surface area contributed by atoms with Crippen molar-refractivity contribution in [2.75, 3.05) is 0 Å². The van der Waals surface area contributed by atoms with E-state index in [-0.39, 0.29) is 0 Å². The van der Waals surface area contributed by atoms with Crippen molar-refractivity contribution >= 4 is 22.6 Å². The Morgan fingerprint density at radius 3 is 2.54 bits per heavy atom. The molecule has 0 fully saturated rings. The molecule has 0 N–H and O–H groups in total. The van der Waals surface area contributed by atoms with Crippen LogP contribution in [0.15, 0.2) is 85.5 Å². The number of imidazole rings is 1. The van der Waals surface area contributed by atoms with E-state index in [2.05, 4.69) is 23.3 Å². The highest BCUT2D eigenvalue weighted by Crippen LogP contribution is 2.23. The fourth-order valence-electron chi connectivity index (χ4n) is 3.30. The summed E-state index contributed by atoms with van der Waals surface area (Å²) < 4.78 is 8.35. The van der Waals surface area contributed by atoms with Gasteiger partial charge in [0, 0.05) is 11.6 Å². The maximum absolute atomic E-state index is 6.15. The van der Waals surface area contributed by atoms with Gasteiger partial charge in [0.25, 0.3) is 0 Å². The summed E-state index contributed by atoms with van der Waals surface area (Å²) in [6.07, 6.45) is 2.66. The monoisotopic (exact) mass is 388 g/mol. The van der Waals surface area contributed by atoms with Crippen molar-refractivity contribution in [1.29, 1.82) is 0 Å². The van der Waals surface area contributed by atoms with Crippen LogP contribution in [0.25, 0.3) is 11.0 Å². The van der Waals surface area contributed by atoms with Crippen LogP contribution in [0.4, 0.5) is 0 Å². The molecule has 0 spiro atoms. The summed E-state index contributed by atoms with van der Waals surface area (Å²) >= 11 is 6.03. The van der Waals surface area contributed by atoms with Crippen molar-refractivity contribution in [2.24, 2.45) is 0 Å². The normalized spacial score (nSPS) is 10.9. The lowest BCUT2D eigenvalue weighted by Gasteiger charge is -2.13. The molecule has 1 heterocycles. The number of para-hydroxylation sites is 3. The van der Waals surface area contributed by atoms with E-state index in [4.69, 9.17) is 21.3 Å². The van der Waals surface area contributed by atoms with Gasteiger partial charge in [0.1, 0.15) is 18.2 Å². The lowest BCUT2D eigenvalue weighted by molar-refractivity contribution is 0.289. The molecule has 0 atom stereocenters. The molecule has 3 nitrogen and oxygen atoms in total. The maximum atomic E-state index is 6.15. The molecule has 1 aromatic heterocycles. The molecule has 4 aromatic rings. The first-order valence-corrected chi connectivity index (χ1v) is 9.62. The molecule has 0 saturated carbocycles. The third kappa shape index (κ3) is 3.95. The molecule has 4 rings (SSSR count).